The van der Waals surface area contributed by atoms with Crippen LogP contribution in [0.5, 0.6) is 11.5 Å². The lowest BCUT2D eigenvalue weighted by Crippen LogP contribution is -2.34. The van der Waals surface area contributed by atoms with E-state index in [-0.39, 0.29) is 13.2 Å². The molecule has 5 heteroatoms. The van der Waals surface area contributed by atoms with E-state index < -0.39 is 17.8 Å². The third kappa shape index (κ3) is 7.32. The topological polar surface area (TPSA) is 68.2 Å². The van der Waals surface area contributed by atoms with Gasteiger partial charge in [-0.25, -0.2) is 0 Å². The van der Waals surface area contributed by atoms with Gasteiger partial charge < -0.3 is 24.4 Å². The lowest BCUT2D eigenvalue weighted by molar-refractivity contribution is 0.000648. The molecule has 21 heavy (non-hydrogen) atoms. The van der Waals surface area contributed by atoms with E-state index in [0.29, 0.717) is 17.9 Å². The number of methoxy groups -OCH3 is 1. The zero-order valence-electron chi connectivity index (χ0n) is 13.2. The third-order valence-electron chi connectivity index (χ3n) is 2.78. The highest BCUT2D eigenvalue weighted by molar-refractivity contribution is 5.33. The molecule has 2 unspecified atom stereocenters. The van der Waals surface area contributed by atoms with Gasteiger partial charge in [0.1, 0.15) is 23.7 Å². The fraction of sp³-hybridized carbons (Fsp3) is 0.625. The number of hydrogen-bond donors (Lipinski definition) is 2. The molecular weight excluding hydrogens is 272 g/mol. The van der Waals surface area contributed by atoms with Crippen LogP contribution in [0.1, 0.15) is 27.2 Å². The van der Waals surface area contributed by atoms with Crippen molar-refractivity contribution in [1.82, 2.24) is 0 Å². The Morgan fingerprint density at radius 2 is 1.81 bits per heavy atom. The molecule has 0 amide bonds. The lowest BCUT2D eigenvalue weighted by atomic mass is 10.0. The summed E-state index contributed by atoms with van der Waals surface area (Å²) < 4.78 is 16.3. The Kier molecular flexibility index (Phi) is 6.95. The van der Waals surface area contributed by atoms with E-state index >= 15 is 0 Å². The zero-order chi connectivity index (χ0) is 15.9. The molecule has 0 saturated carbocycles. The molecule has 120 valence electrons. The molecule has 0 aliphatic heterocycles. The summed E-state index contributed by atoms with van der Waals surface area (Å²) in [6, 6.07) is 7.24. The summed E-state index contributed by atoms with van der Waals surface area (Å²) >= 11 is 0. The second kappa shape index (κ2) is 8.22. The molecule has 0 spiro atoms. The van der Waals surface area contributed by atoms with Crippen LogP contribution < -0.4 is 9.47 Å². The highest BCUT2D eigenvalue weighted by atomic mass is 16.5. The molecule has 1 rings (SSSR count). The van der Waals surface area contributed by atoms with Crippen LogP contribution in [0.3, 0.4) is 0 Å². The molecule has 2 atom stereocenters. The second-order valence-corrected chi connectivity index (χ2v) is 5.81. The Morgan fingerprint density at radius 1 is 1.14 bits per heavy atom. The van der Waals surface area contributed by atoms with Gasteiger partial charge in [0.2, 0.25) is 0 Å². The summed E-state index contributed by atoms with van der Waals surface area (Å²) in [5.41, 5.74) is -0.527. The molecule has 0 aliphatic carbocycles. The van der Waals surface area contributed by atoms with E-state index in [1.807, 2.05) is 32.0 Å². The van der Waals surface area contributed by atoms with Gasteiger partial charge in [-0.1, -0.05) is 6.07 Å². The molecule has 1 aromatic carbocycles. The average Bonchev–Trinajstić information content (AvgIpc) is 2.35. The van der Waals surface area contributed by atoms with Crippen LogP contribution in [-0.4, -0.2) is 48.3 Å². The molecule has 0 fully saturated rings. The monoisotopic (exact) mass is 298 g/mol. The van der Waals surface area contributed by atoms with Crippen molar-refractivity contribution >= 4 is 0 Å². The Balaban J connectivity index is 2.62. The average molecular weight is 298 g/mol. The SMILES string of the molecule is COCC(O)CC(C)(C)Oc1cccc(OCC(C)O)c1. The quantitative estimate of drug-likeness (QED) is 0.730. The minimum Gasteiger partial charge on any atom is -0.491 e. The predicted molar refractivity (Wildman–Crippen MR) is 80.8 cm³/mol. The molecule has 0 aliphatic rings. The molecule has 5 nitrogen and oxygen atoms in total. The van der Waals surface area contributed by atoms with Gasteiger partial charge in [0.25, 0.3) is 0 Å². The largest absolute Gasteiger partial charge is 0.491 e. The minimum absolute atomic E-state index is 0.236. The van der Waals surface area contributed by atoms with Crippen molar-refractivity contribution in [1.29, 1.82) is 0 Å². The van der Waals surface area contributed by atoms with Crippen molar-refractivity contribution in [3.05, 3.63) is 24.3 Å². The van der Waals surface area contributed by atoms with Crippen LogP contribution in [0.15, 0.2) is 24.3 Å². The summed E-state index contributed by atoms with van der Waals surface area (Å²) in [5.74, 6) is 1.30. The second-order valence-electron chi connectivity index (χ2n) is 5.81. The van der Waals surface area contributed by atoms with Gasteiger partial charge in [0.05, 0.1) is 18.8 Å². The van der Waals surface area contributed by atoms with Crippen LogP contribution in [0, 0.1) is 0 Å². The molecule has 0 radical (unpaired) electrons. The molecular formula is C16H26O5. The summed E-state index contributed by atoms with van der Waals surface area (Å²) in [7, 11) is 1.56. The standard InChI is InChI=1S/C16H26O5/c1-12(17)10-20-14-6-5-7-15(8-14)21-16(2,3)9-13(18)11-19-4/h5-8,12-13,17-18H,9-11H2,1-4H3. The van der Waals surface area contributed by atoms with Gasteiger partial charge in [-0.3, -0.25) is 0 Å². The number of rotatable bonds is 9. The maximum absolute atomic E-state index is 9.81. The Morgan fingerprint density at radius 3 is 2.43 bits per heavy atom. The van der Waals surface area contributed by atoms with Crippen LogP contribution >= 0.6 is 0 Å². The van der Waals surface area contributed by atoms with Crippen LogP contribution in [0.25, 0.3) is 0 Å². The Hall–Kier alpha value is -1.30. The van der Waals surface area contributed by atoms with Crippen molar-refractivity contribution in [2.45, 2.75) is 45.0 Å². The number of ether oxygens (including phenoxy) is 3. The smallest absolute Gasteiger partial charge is 0.123 e. The predicted octanol–water partition coefficient (Wildman–Crippen LogP) is 2.00. The molecule has 0 saturated heterocycles. The van der Waals surface area contributed by atoms with Gasteiger partial charge in [-0.05, 0) is 32.9 Å². The fourth-order valence-corrected chi connectivity index (χ4v) is 2.02. The van der Waals surface area contributed by atoms with Crippen LogP contribution in [0.4, 0.5) is 0 Å². The first-order valence-electron chi connectivity index (χ1n) is 7.09. The molecule has 0 bridgehead atoms. The van der Waals surface area contributed by atoms with Crippen LogP contribution in [0.2, 0.25) is 0 Å². The molecule has 0 heterocycles. The Labute approximate surface area is 126 Å². The van der Waals surface area contributed by atoms with E-state index in [2.05, 4.69) is 0 Å². The number of benzene rings is 1. The van der Waals surface area contributed by atoms with E-state index in [4.69, 9.17) is 14.2 Å². The number of aliphatic hydroxyl groups excluding tert-OH is 2. The van der Waals surface area contributed by atoms with E-state index in [1.165, 1.54) is 0 Å². The van der Waals surface area contributed by atoms with Gasteiger partial charge in [-0.15, -0.1) is 0 Å². The maximum atomic E-state index is 9.81. The van der Waals surface area contributed by atoms with E-state index in [9.17, 15) is 10.2 Å². The first-order valence-corrected chi connectivity index (χ1v) is 7.09. The van der Waals surface area contributed by atoms with Crippen LogP contribution in [-0.2, 0) is 4.74 Å². The fourth-order valence-electron chi connectivity index (χ4n) is 2.02. The molecule has 0 aromatic heterocycles. The van der Waals surface area contributed by atoms with Gasteiger partial charge in [-0.2, -0.15) is 0 Å². The first-order chi connectivity index (χ1) is 9.82. The van der Waals surface area contributed by atoms with E-state index in [0.717, 1.165) is 0 Å². The van der Waals surface area contributed by atoms with Gasteiger partial charge in [0, 0.05) is 19.6 Å². The summed E-state index contributed by atoms with van der Waals surface area (Å²) in [6.07, 6.45) is -0.630. The first kappa shape index (κ1) is 17.8. The van der Waals surface area contributed by atoms with Crippen molar-refractivity contribution in [2.75, 3.05) is 20.3 Å². The normalized spacial score (nSPS) is 14.6. The summed E-state index contributed by atoms with van der Waals surface area (Å²) in [5, 5.41) is 19.0. The van der Waals surface area contributed by atoms with E-state index in [1.54, 1.807) is 20.1 Å². The van der Waals surface area contributed by atoms with Gasteiger partial charge in [0.15, 0.2) is 0 Å². The maximum Gasteiger partial charge on any atom is 0.123 e. The number of hydrogen-bond acceptors (Lipinski definition) is 5. The zero-order valence-corrected chi connectivity index (χ0v) is 13.2. The summed E-state index contributed by atoms with van der Waals surface area (Å²) in [4.78, 5) is 0. The highest BCUT2D eigenvalue weighted by Crippen LogP contribution is 2.26. The van der Waals surface area contributed by atoms with Gasteiger partial charge >= 0.3 is 0 Å². The van der Waals surface area contributed by atoms with Crippen molar-refractivity contribution in [2.24, 2.45) is 0 Å². The minimum atomic E-state index is -0.570. The van der Waals surface area contributed by atoms with Crippen molar-refractivity contribution < 1.29 is 24.4 Å². The molecule has 1 aromatic rings. The Bertz CT molecular complexity index is 417. The highest BCUT2D eigenvalue weighted by Gasteiger charge is 2.24. The van der Waals surface area contributed by atoms with Crippen molar-refractivity contribution in [3.63, 3.8) is 0 Å². The number of aliphatic hydroxyl groups is 2. The summed E-state index contributed by atoms with van der Waals surface area (Å²) in [6.45, 7) is 6.01. The molecule has 2 N–H and O–H groups in total. The lowest BCUT2D eigenvalue weighted by Gasteiger charge is -2.28. The van der Waals surface area contributed by atoms with Crippen molar-refractivity contribution in [3.8, 4) is 11.5 Å². The third-order valence-corrected chi connectivity index (χ3v) is 2.78.